The van der Waals surface area contributed by atoms with Crippen molar-refractivity contribution in [3.63, 3.8) is 0 Å². The number of hydrogen-bond donors (Lipinski definition) is 3. The van der Waals surface area contributed by atoms with Gasteiger partial charge < -0.3 is 10.8 Å². The summed E-state index contributed by atoms with van der Waals surface area (Å²) in [7, 11) is -3.88. The summed E-state index contributed by atoms with van der Waals surface area (Å²) in [5, 5.41) is 9.15. The van der Waals surface area contributed by atoms with Crippen molar-refractivity contribution in [1.29, 1.82) is 0 Å². The Morgan fingerprint density at radius 1 is 1.29 bits per heavy atom. The van der Waals surface area contributed by atoms with Crippen molar-refractivity contribution in [2.24, 2.45) is 11.8 Å². The Balaban J connectivity index is 1.91. The van der Waals surface area contributed by atoms with E-state index in [0.717, 1.165) is 19.3 Å². The third-order valence-electron chi connectivity index (χ3n) is 4.57. The summed E-state index contributed by atoms with van der Waals surface area (Å²) in [5.74, 6) is -0.301. The molecule has 3 rings (SSSR count). The highest BCUT2D eigenvalue weighted by Gasteiger charge is 2.41. The number of nitrogen functional groups attached to an aromatic ring is 1. The van der Waals surface area contributed by atoms with Crippen molar-refractivity contribution in [1.82, 2.24) is 4.72 Å². The second kappa shape index (κ2) is 4.99. The molecular weight excluding hydrogens is 292 g/mol. The molecule has 0 amide bonds. The number of nitrogens with one attached hydrogen (secondary N) is 1. The minimum atomic E-state index is -3.88. The lowest BCUT2D eigenvalue weighted by Crippen LogP contribution is -2.39. The largest absolute Gasteiger partial charge is 0.478 e. The van der Waals surface area contributed by atoms with Crippen molar-refractivity contribution >= 4 is 21.7 Å². The van der Waals surface area contributed by atoms with Crippen LogP contribution in [-0.2, 0) is 10.0 Å². The minimum Gasteiger partial charge on any atom is -0.478 e. The number of carboxylic acids is 1. The van der Waals surface area contributed by atoms with Gasteiger partial charge in [-0.2, -0.15) is 0 Å². The lowest BCUT2D eigenvalue weighted by molar-refractivity contribution is 0.0692. The molecule has 21 heavy (non-hydrogen) atoms. The number of rotatable bonds is 4. The van der Waals surface area contributed by atoms with E-state index in [9.17, 15) is 13.2 Å². The highest BCUT2D eigenvalue weighted by molar-refractivity contribution is 7.89. The van der Waals surface area contributed by atoms with Gasteiger partial charge in [0.25, 0.3) is 0 Å². The average molecular weight is 310 g/mol. The van der Waals surface area contributed by atoms with E-state index in [2.05, 4.69) is 4.72 Å². The predicted octanol–water partition coefficient (Wildman–Crippen LogP) is 1.43. The fraction of sp³-hybridized carbons (Fsp3) is 0.500. The van der Waals surface area contributed by atoms with Gasteiger partial charge in [0.2, 0.25) is 10.0 Å². The van der Waals surface area contributed by atoms with Crippen LogP contribution < -0.4 is 10.5 Å². The van der Waals surface area contributed by atoms with Gasteiger partial charge >= 0.3 is 5.97 Å². The Labute approximate surface area is 123 Å². The smallest absolute Gasteiger partial charge is 0.337 e. The summed E-state index contributed by atoms with van der Waals surface area (Å²) in [6.45, 7) is 0. The molecule has 3 unspecified atom stereocenters. The second-order valence-corrected chi connectivity index (χ2v) is 7.65. The van der Waals surface area contributed by atoms with Gasteiger partial charge in [0.15, 0.2) is 0 Å². The van der Waals surface area contributed by atoms with Crippen molar-refractivity contribution in [3.05, 3.63) is 23.8 Å². The predicted molar refractivity (Wildman–Crippen MR) is 77.4 cm³/mol. The van der Waals surface area contributed by atoms with Crippen LogP contribution in [0.1, 0.15) is 36.0 Å². The van der Waals surface area contributed by atoms with Crippen LogP contribution in [0.5, 0.6) is 0 Å². The van der Waals surface area contributed by atoms with Crippen molar-refractivity contribution in [2.45, 2.75) is 36.6 Å². The summed E-state index contributed by atoms with van der Waals surface area (Å²) < 4.78 is 27.7. The molecule has 1 aromatic carbocycles. The van der Waals surface area contributed by atoms with Gasteiger partial charge in [-0.3, -0.25) is 0 Å². The molecular formula is C14H18N2O4S. The van der Waals surface area contributed by atoms with Crippen LogP contribution in [0.4, 0.5) is 5.69 Å². The van der Waals surface area contributed by atoms with Crippen LogP contribution in [-0.4, -0.2) is 25.5 Å². The third-order valence-corrected chi connectivity index (χ3v) is 6.10. The Hall–Kier alpha value is -1.60. The molecule has 0 heterocycles. The van der Waals surface area contributed by atoms with E-state index in [1.165, 1.54) is 24.6 Å². The molecule has 2 bridgehead atoms. The monoisotopic (exact) mass is 310 g/mol. The molecule has 1 aromatic rings. The number of fused-ring (bicyclic) bond motifs is 2. The summed E-state index contributed by atoms with van der Waals surface area (Å²) in [4.78, 5) is 11.0. The van der Waals surface area contributed by atoms with Gasteiger partial charge in [0, 0.05) is 11.7 Å². The maximum atomic E-state index is 12.5. The van der Waals surface area contributed by atoms with Crippen LogP contribution in [0.15, 0.2) is 23.1 Å². The quantitative estimate of drug-likeness (QED) is 0.729. The first-order valence-corrected chi connectivity index (χ1v) is 8.50. The number of carbonyl (C=O) groups is 1. The number of nitrogens with two attached hydrogens (primary N) is 1. The normalized spacial score (nSPS) is 27.9. The topological polar surface area (TPSA) is 109 Å². The molecule has 0 aromatic heterocycles. The zero-order valence-electron chi connectivity index (χ0n) is 11.5. The highest BCUT2D eigenvalue weighted by Crippen LogP contribution is 2.44. The van der Waals surface area contributed by atoms with E-state index in [-0.39, 0.29) is 22.2 Å². The van der Waals surface area contributed by atoms with E-state index in [1.54, 1.807) is 0 Å². The number of sulfonamides is 1. The zero-order chi connectivity index (χ0) is 15.2. The summed E-state index contributed by atoms with van der Waals surface area (Å²) in [5.41, 5.74) is 5.59. The molecule has 2 aliphatic rings. The maximum absolute atomic E-state index is 12.5. The standard InChI is InChI=1S/C14H18N2O4S/c15-10-3-4-11(14(17)18)13(7-10)21(19,20)16-12-6-8-1-2-9(12)5-8/h3-4,7-9,12,16H,1-2,5-6,15H2,(H,17,18). The van der Waals surface area contributed by atoms with Crippen molar-refractivity contribution in [3.8, 4) is 0 Å². The average Bonchev–Trinajstić information content (AvgIpc) is 3.00. The van der Waals surface area contributed by atoms with Crippen LogP contribution in [0.25, 0.3) is 0 Å². The number of benzene rings is 1. The maximum Gasteiger partial charge on any atom is 0.337 e. The van der Waals surface area contributed by atoms with Crippen LogP contribution in [0.3, 0.4) is 0 Å². The molecule has 3 atom stereocenters. The van der Waals surface area contributed by atoms with Crippen LogP contribution in [0.2, 0.25) is 0 Å². The SMILES string of the molecule is Nc1ccc(C(=O)O)c(S(=O)(=O)NC2CC3CCC2C3)c1. The number of anilines is 1. The molecule has 0 aliphatic heterocycles. The Bertz CT molecular complexity index is 686. The van der Waals surface area contributed by atoms with E-state index < -0.39 is 16.0 Å². The van der Waals surface area contributed by atoms with Crippen molar-refractivity contribution in [2.75, 3.05) is 5.73 Å². The number of hydrogen-bond acceptors (Lipinski definition) is 4. The second-order valence-electron chi connectivity index (χ2n) is 5.96. The highest BCUT2D eigenvalue weighted by atomic mass is 32.2. The zero-order valence-corrected chi connectivity index (χ0v) is 12.3. The van der Waals surface area contributed by atoms with Gasteiger partial charge in [-0.1, -0.05) is 6.42 Å². The molecule has 2 saturated carbocycles. The first kappa shape index (κ1) is 14.3. The molecule has 0 spiro atoms. The summed E-state index contributed by atoms with van der Waals surface area (Å²) in [6, 6.07) is 3.74. The third kappa shape index (κ3) is 2.63. The Morgan fingerprint density at radius 2 is 2.05 bits per heavy atom. The minimum absolute atomic E-state index is 0.0863. The molecule has 114 valence electrons. The van der Waals surface area contributed by atoms with Gasteiger partial charge in [-0.25, -0.2) is 17.9 Å². The lowest BCUT2D eigenvalue weighted by Gasteiger charge is -2.23. The van der Waals surface area contributed by atoms with Crippen molar-refractivity contribution < 1.29 is 18.3 Å². The van der Waals surface area contributed by atoms with Crippen LogP contribution in [0, 0.1) is 11.8 Å². The first-order chi connectivity index (χ1) is 9.87. The van der Waals surface area contributed by atoms with E-state index >= 15 is 0 Å². The van der Waals surface area contributed by atoms with Gasteiger partial charge in [0.05, 0.1) is 10.5 Å². The van der Waals surface area contributed by atoms with Gasteiger partial charge in [-0.15, -0.1) is 0 Å². The lowest BCUT2D eigenvalue weighted by atomic mass is 9.96. The molecule has 6 nitrogen and oxygen atoms in total. The fourth-order valence-electron chi connectivity index (χ4n) is 3.59. The van der Waals surface area contributed by atoms with Gasteiger partial charge in [-0.05, 0) is 49.3 Å². The van der Waals surface area contributed by atoms with E-state index in [1.807, 2.05) is 0 Å². The summed E-state index contributed by atoms with van der Waals surface area (Å²) >= 11 is 0. The van der Waals surface area contributed by atoms with Crippen LogP contribution >= 0.6 is 0 Å². The number of aromatic carboxylic acids is 1. The molecule has 0 saturated heterocycles. The Kier molecular flexibility index (Phi) is 3.41. The van der Waals surface area contributed by atoms with E-state index in [0.29, 0.717) is 11.8 Å². The molecule has 2 aliphatic carbocycles. The molecule has 7 heteroatoms. The first-order valence-electron chi connectivity index (χ1n) is 7.02. The number of carboxylic acid groups (broad SMARTS) is 1. The summed E-state index contributed by atoms with van der Waals surface area (Å²) in [6.07, 6.45) is 4.12. The van der Waals surface area contributed by atoms with E-state index in [4.69, 9.17) is 10.8 Å². The molecule has 4 N–H and O–H groups in total. The molecule has 0 radical (unpaired) electrons. The Morgan fingerprint density at radius 3 is 2.62 bits per heavy atom. The van der Waals surface area contributed by atoms with Gasteiger partial charge in [0.1, 0.15) is 0 Å². The fourth-order valence-corrected chi connectivity index (χ4v) is 5.14. The molecule has 2 fully saturated rings.